The van der Waals surface area contributed by atoms with Gasteiger partial charge in [0.15, 0.2) is 0 Å². The van der Waals surface area contributed by atoms with Gasteiger partial charge in [0.1, 0.15) is 0 Å². The number of nitrogens with zero attached hydrogens (tertiary/aromatic N) is 1. The van der Waals surface area contributed by atoms with Crippen molar-refractivity contribution in [3.8, 4) is 0 Å². The topological polar surface area (TPSA) is 3.24 Å². The number of halogens is 1. The van der Waals surface area contributed by atoms with Crippen LogP contribution in [0.5, 0.6) is 0 Å². The van der Waals surface area contributed by atoms with Crippen LogP contribution in [0, 0.1) is 5.92 Å². The summed E-state index contributed by atoms with van der Waals surface area (Å²) in [6.07, 6.45) is 14.7. The molecule has 0 amide bonds. The summed E-state index contributed by atoms with van der Waals surface area (Å²) in [5, 5.41) is 1.16. The van der Waals surface area contributed by atoms with Gasteiger partial charge in [-0.3, -0.25) is 4.90 Å². The van der Waals surface area contributed by atoms with E-state index in [-0.39, 0.29) is 0 Å². The summed E-state index contributed by atoms with van der Waals surface area (Å²) in [4.78, 5) is 2.92. The highest BCUT2D eigenvalue weighted by molar-refractivity contribution is 9.09. The van der Waals surface area contributed by atoms with Gasteiger partial charge >= 0.3 is 0 Å². The van der Waals surface area contributed by atoms with E-state index in [9.17, 15) is 0 Å². The Morgan fingerprint density at radius 2 is 1.33 bits per heavy atom. The van der Waals surface area contributed by atoms with E-state index in [1.165, 1.54) is 70.8 Å². The van der Waals surface area contributed by atoms with Crippen molar-refractivity contribution >= 4 is 15.9 Å². The summed E-state index contributed by atoms with van der Waals surface area (Å²) in [6, 6.07) is 1.81. The van der Waals surface area contributed by atoms with Gasteiger partial charge in [0.05, 0.1) is 0 Å². The number of rotatable bonds is 5. The highest BCUT2D eigenvalue weighted by atomic mass is 79.9. The Hall–Kier alpha value is 0.440. The lowest BCUT2D eigenvalue weighted by atomic mass is 9.88. The number of alkyl halides is 1. The summed E-state index contributed by atoms with van der Waals surface area (Å²) < 4.78 is 0. The summed E-state index contributed by atoms with van der Waals surface area (Å²) in [5.41, 5.74) is 0. The molecule has 0 aromatic carbocycles. The van der Waals surface area contributed by atoms with Crippen LogP contribution in [0.2, 0.25) is 0 Å². The van der Waals surface area contributed by atoms with E-state index < -0.39 is 0 Å². The van der Waals surface area contributed by atoms with Crippen LogP contribution < -0.4 is 0 Å². The molecule has 2 aliphatic carbocycles. The highest BCUT2D eigenvalue weighted by Gasteiger charge is 2.29. The zero-order valence-electron chi connectivity index (χ0n) is 12.0. The predicted octanol–water partition coefficient (Wildman–Crippen LogP) is 4.98. The van der Waals surface area contributed by atoms with E-state index in [1.54, 1.807) is 0 Å². The molecule has 0 aromatic heterocycles. The van der Waals surface area contributed by atoms with Gasteiger partial charge in [-0.2, -0.15) is 0 Å². The van der Waals surface area contributed by atoms with Crippen molar-refractivity contribution in [2.24, 2.45) is 5.92 Å². The van der Waals surface area contributed by atoms with Gasteiger partial charge in [0, 0.05) is 24.0 Å². The SMILES string of the molecule is CC(CBr)CN(C1CCCCC1)C1CCCCC1. The monoisotopic (exact) mass is 315 g/mol. The van der Waals surface area contributed by atoms with Gasteiger partial charge < -0.3 is 0 Å². The fourth-order valence-electron chi connectivity index (χ4n) is 3.83. The molecule has 2 heteroatoms. The third-order valence-electron chi connectivity index (χ3n) is 4.87. The van der Waals surface area contributed by atoms with Crippen molar-refractivity contribution in [1.82, 2.24) is 4.90 Å². The molecular formula is C16H30BrN. The van der Waals surface area contributed by atoms with Gasteiger partial charge in [0.2, 0.25) is 0 Å². The fourth-order valence-corrected chi connectivity index (χ4v) is 4.04. The maximum absolute atomic E-state index is 3.66. The van der Waals surface area contributed by atoms with Crippen LogP contribution in [-0.4, -0.2) is 28.9 Å². The van der Waals surface area contributed by atoms with Gasteiger partial charge in [-0.05, 0) is 31.6 Å². The number of hydrogen-bond donors (Lipinski definition) is 0. The lowest BCUT2D eigenvalue weighted by molar-refractivity contribution is 0.0697. The van der Waals surface area contributed by atoms with Crippen molar-refractivity contribution in [3.63, 3.8) is 0 Å². The molecule has 0 aromatic rings. The standard InChI is InChI=1S/C16H30BrN/c1-14(12-17)13-18(15-8-4-2-5-9-15)16-10-6-3-7-11-16/h14-16H,2-13H2,1H3. The van der Waals surface area contributed by atoms with Crippen LogP contribution in [0.25, 0.3) is 0 Å². The molecule has 0 radical (unpaired) electrons. The zero-order valence-corrected chi connectivity index (χ0v) is 13.6. The normalized spacial score (nSPS) is 25.5. The molecule has 0 spiro atoms. The Balaban J connectivity index is 1.95. The molecule has 1 atom stereocenters. The third kappa shape index (κ3) is 4.23. The first-order chi connectivity index (χ1) is 8.81. The van der Waals surface area contributed by atoms with Crippen molar-refractivity contribution in [2.75, 3.05) is 11.9 Å². The molecule has 2 saturated carbocycles. The average Bonchev–Trinajstić information content (AvgIpc) is 2.46. The molecule has 1 unspecified atom stereocenters. The van der Waals surface area contributed by atoms with E-state index in [0.29, 0.717) is 0 Å². The molecule has 1 nitrogen and oxygen atoms in total. The van der Waals surface area contributed by atoms with Crippen molar-refractivity contribution in [1.29, 1.82) is 0 Å². The highest BCUT2D eigenvalue weighted by Crippen LogP contribution is 2.30. The first-order valence-electron chi connectivity index (χ1n) is 8.13. The third-order valence-corrected chi connectivity index (χ3v) is 5.98. The maximum Gasteiger partial charge on any atom is 0.00983 e. The smallest absolute Gasteiger partial charge is 0.00983 e. The maximum atomic E-state index is 3.66. The van der Waals surface area contributed by atoms with Crippen LogP contribution >= 0.6 is 15.9 Å². The minimum absolute atomic E-state index is 0.800. The summed E-state index contributed by atoms with van der Waals surface area (Å²) >= 11 is 3.66. The lowest BCUT2D eigenvalue weighted by Gasteiger charge is -2.42. The Bertz CT molecular complexity index is 201. The van der Waals surface area contributed by atoms with E-state index in [0.717, 1.165) is 23.3 Å². The van der Waals surface area contributed by atoms with Gasteiger partial charge in [-0.15, -0.1) is 0 Å². The Morgan fingerprint density at radius 1 is 0.889 bits per heavy atom. The minimum atomic E-state index is 0.800. The first kappa shape index (κ1) is 14.8. The van der Waals surface area contributed by atoms with Gasteiger partial charge in [-0.25, -0.2) is 0 Å². The quantitative estimate of drug-likeness (QED) is 0.646. The Kier molecular flexibility index (Phi) is 6.51. The van der Waals surface area contributed by atoms with E-state index in [1.807, 2.05) is 0 Å². The second kappa shape index (κ2) is 7.89. The summed E-state index contributed by atoms with van der Waals surface area (Å²) in [6.45, 7) is 3.72. The minimum Gasteiger partial charge on any atom is -0.297 e. The second-order valence-electron chi connectivity index (χ2n) is 6.54. The van der Waals surface area contributed by atoms with Gasteiger partial charge in [-0.1, -0.05) is 61.4 Å². The molecular weight excluding hydrogens is 286 g/mol. The Labute approximate surface area is 122 Å². The zero-order chi connectivity index (χ0) is 12.8. The van der Waals surface area contributed by atoms with Crippen LogP contribution in [0.1, 0.15) is 71.1 Å². The number of hydrogen-bond acceptors (Lipinski definition) is 1. The predicted molar refractivity (Wildman–Crippen MR) is 83.4 cm³/mol. The van der Waals surface area contributed by atoms with Crippen molar-refractivity contribution in [2.45, 2.75) is 83.2 Å². The molecule has 18 heavy (non-hydrogen) atoms. The van der Waals surface area contributed by atoms with Crippen LogP contribution in [0.4, 0.5) is 0 Å². The van der Waals surface area contributed by atoms with Crippen LogP contribution in [0.15, 0.2) is 0 Å². The van der Waals surface area contributed by atoms with E-state index in [2.05, 4.69) is 27.8 Å². The molecule has 0 saturated heterocycles. The largest absolute Gasteiger partial charge is 0.297 e. The van der Waals surface area contributed by atoms with E-state index >= 15 is 0 Å². The second-order valence-corrected chi connectivity index (χ2v) is 7.19. The summed E-state index contributed by atoms with van der Waals surface area (Å²) in [5.74, 6) is 0.800. The van der Waals surface area contributed by atoms with Crippen LogP contribution in [-0.2, 0) is 0 Å². The molecule has 0 aliphatic heterocycles. The molecule has 106 valence electrons. The molecule has 0 bridgehead atoms. The summed E-state index contributed by atoms with van der Waals surface area (Å²) in [7, 11) is 0. The molecule has 0 N–H and O–H groups in total. The fraction of sp³-hybridized carbons (Fsp3) is 1.00. The van der Waals surface area contributed by atoms with Crippen LogP contribution in [0.3, 0.4) is 0 Å². The molecule has 0 heterocycles. The van der Waals surface area contributed by atoms with Gasteiger partial charge in [0.25, 0.3) is 0 Å². The average molecular weight is 316 g/mol. The molecule has 2 fully saturated rings. The first-order valence-corrected chi connectivity index (χ1v) is 9.25. The van der Waals surface area contributed by atoms with Crippen molar-refractivity contribution in [3.05, 3.63) is 0 Å². The molecule has 2 aliphatic rings. The Morgan fingerprint density at radius 3 is 1.72 bits per heavy atom. The lowest BCUT2D eigenvalue weighted by Crippen LogP contribution is -2.47. The molecule has 2 rings (SSSR count). The van der Waals surface area contributed by atoms with E-state index in [4.69, 9.17) is 0 Å². The van der Waals surface area contributed by atoms with Crippen molar-refractivity contribution < 1.29 is 0 Å².